The predicted octanol–water partition coefficient (Wildman–Crippen LogP) is 1.62. The Morgan fingerprint density at radius 2 is 2.10 bits per heavy atom. The fourth-order valence-electron chi connectivity index (χ4n) is 1.79. The minimum Gasteiger partial charge on any atom is -0.385 e. The number of H-pyrrole nitrogens is 1. The second-order valence-corrected chi connectivity index (χ2v) is 7.37. The highest BCUT2D eigenvalue weighted by molar-refractivity contribution is 8.13. The molecule has 1 amide bonds. The molecule has 0 saturated heterocycles. The Morgan fingerprint density at radius 1 is 1.43 bits per heavy atom. The maximum Gasteiger partial charge on any atom is 0.273 e. The van der Waals surface area contributed by atoms with E-state index in [0.29, 0.717) is 18.8 Å². The van der Waals surface area contributed by atoms with E-state index in [1.165, 1.54) is 0 Å². The molecule has 0 aliphatic heterocycles. The van der Waals surface area contributed by atoms with Crippen LogP contribution in [0.3, 0.4) is 0 Å². The number of nitrogens with zero attached hydrogens (tertiary/aromatic N) is 1. The first-order valence-electron chi connectivity index (χ1n) is 6.59. The van der Waals surface area contributed by atoms with Gasteiger partial charge in [0.05, 0.1) is 5.69 Å². The number of amides is 1. The molecular formula is C12H20ClN3O4S. The molecule has 0 saturated carbocycles. The van der Waals surface area contributed by atoms with Gasteiger partial charge in [-0.1, -0.05) is 13.8 Å². The van der Waals surface area contributed by atoms with Crippen LogP contribution in [0, 0.1) is 0 Å². The molecule has 1 rings (SSSR count). The standard InChI is InChI=1S/C12H20ClN3O4S/c1-8(2)9-11(21(13,18)19)10(16-15-9)12(17)14-6-4-5-7-20-3/h8H,4-7H2,1-3H3,(H,14,17)(H,15,16). The lowest BCUT2D eigenvalue weighted by atomic mass is 10.1. The normalized spacial score (nSPS) is 11.9. The third kappa shape index (κ3) is 4.98. The van der Waals surface area contributed by atoms with E-state index in [4.69, 9.17) is 15.4 Å². The van der Waals surface area contributed by atoms with Gasteiger partial charge in [0.25, 0.3) is 15.0 Å². The van der Waals surface area contributed by atoms with E-state index < -0.39 is 15.0 Å². The highest BCUT2D eigenvalue weighted by atomic mass is 35.7. The lowest BCUT2D eigenvalue weighted by Gasteiger charge is -2.06. The molecule has 1 heterocycles. The van der Waals surface area contributed by atoms with Gasteiger partial charge in [0.2, 0.25) is 0 Å². The molecule has 2 N–H and O–H groups in total. The van der Waals surface area contributed by atoms with Crippen LogP contribution < -0.4 is 5.32 Å². The number of carbonyl (C=O) groups excluding carboxylic acids is 1. The van der Waals surface area contributed by atoms with Crippen molar-refractivity contribution < 1.29 is 17.9 Å². The summed E-state index contributed by atoms with van der Waals surface area (Å²) in [7, 11) is 2.97. The van der Waals surface area contributed by atoms with Crippen LogP contribution in [0.25, 0.3) is 0 Å². The van der Waals surface area contributed by atoms with Crippen LogP contribution in [-0.2, 0) is 13.8 Å². The summed E-state index contributed by atoms with van der Waals surface area (Å²) in [6.45, 7) is 4.59. The van der Waals surface area contributed by atoms with Gasteiger partial charge in [-0.25, -0.2) is 8.42 Å². The summed E-state index contributed by atoms with van der Waals surface area (Å²) in [4.78, 5) is 11.8. The lowest BCUT2D eigenvalue weighted by molar-refractivity contribution is 0.0943. The average Bonchev–Trinajstić information content (AvgIpc) is 2.83. The molecule has 0 bridgehead atoms. The van der Waals surface area contributed by atoms with E-state index in [-0.39, 0.29) is 16.5 Å². The van der Waals surface area contributed by atoms with E-state index in [2.05, 4.69) is 15.5 Å². The van der Waals surface area contributed by atoms with Crippen molar-refractivity contribution in [2.45, 2.75) is 37.5 Å². The van der Waals surface area contributed by atoms with Crippen LogP contribution >= 0.6 is 10.7 Å². The van der Waals surface area contributed by atoms with Crippen molar-refractivity contribution in [3.05, 3.63) is 11.4 Å². The van der Waals surface area contributed by atoms with Crippen molar-refractivity contribution in [1.29, 1.82) is 0 Å². The molecule has 0 fully saturated rings. The molecule has 7 nitrogen and oxygen atoms in total. The van der Waals surface area contributed by atoms with E-state index >= 15 is 0 Å². The number of carbonyl (C=O) groups is 1. The SMILES string of the molecule is COCCCCNC(=O)c1n[nH]c(C(C)C)c1S(=O)(=O)Cl. The second kappa shape index (κ2) is 7.77. The Balaban J connectivity index is 2.85. The molecular weight excluding hydrogens is 318 g/mol. The van der Waals surface area contributed by atoms with Crippen molar-refractivity contribution in [2.75, 3.05) is 20.3 Å². The summed E-state index contributed by atoms with van der Waals surface area (Å²) in [5, 5.41) is 8.99. The van der Waals surface area contributed by atoms with Gasteiger partial charge < -0.3 is 10.1 Å². The first-order valence-corrected chi connectivity index (χ1v) is 8.90. The summed E-state index contributed by atoms with van der Waals surface area (Å²) in [5.41, 5.74) is 0.134. The van der Waals surface area contributed by atoms with E-state index in [0.717, 1.165) is 12.8 Å². The van der Waals surface area contributed by atoms with Crippen LogP contribution in [0.5, 0.6) is 0 Å². The predicted molar refractivity (Wildman–Crippen MR) is 79.2 cm³/mol. The minimum atomic E-state index is -4.05. The van der Waals surface area contributed by atoms with E-state index in [1.54, 1.807) is 21.0 Å². The number of nitrogens with one attached hydrogen (secondary N) is 2. The topological polar surface area (TPSA) is 101 Å². The van der Waals surface area contributed by atoms with Crippen molar-refractivity contribution >= 4 is 25.6 Å². The summed E-state index contributed by atoms with van der Waals surface area (Å²) in [6.07, 6.45) is 1.53. The third-order valence-electron chi connectivity index (χ3n) is 2.84. The molecule has 0 radical (unpaired) electrons. The molecule has 9 heteroatoms. The van der Waals surface area contributed by atoms with Crippen molar-refractivity contribution in [2.24, 2.45) is 0 Å². The quantitative estimate of drug-likeness (QED) is 0.554. The number of methoxy groups -OCH3 is 1. The monoisotopic (exact) mass is 337 g/mol. The van der Waals surface area contributed by atoms with Crippen LogP contribution in [0.15, 0.2) is 4.90 Å². The van der Waals surface area contributed by atoms with Crippen molar-refractivity contribution in [3.63, 3.8) is 0 Å². The molecule has 0 unspecified atom stereocenters. The Kier molecular flexibility index (Phi) is 6.63. The number of hydrogen-bond donors (Lipinski definition) is 2. The highest BCUT2D eigenvalue weighted by Gasteiger charge is 2.29. The molecule has 1 aromatic rings. The summed E-state index contributed by atoms with van der Waals surface area (Å²) in [5.74, 6) is -0.709. The van der Waals surface area contributed by atoms with Crippen LogP contribution in [0.1, 0.15) is 48.8 Å². The molecule has 1 aromatic heterocycles. The fraction of sp³-hybridized carbons (Fsp3) is 0.667. The molecule has 0 aliphatic rings. The Hall–Kier alpha value is -1.12. The van der Waals surface area contributed by atoms with Gasteiger partial charge in [-0.3, -0.25) is 9.89 Å². The first-order chi connectivity index (χ1) is 9.79. The number of halogens is 1. The number of hydrogen-bond acceptors (Lipinski definition) is 5. The van der Waals surface area contributed by atoms with Crippen molar-refractivity contribution in [1.82, 2.24) is 15.5 Å². The zero-order valence-corrected chi connectivity index (χ0v) is 13.8. The minimum absolute atomic E-state index is 0.149. The Morgan fingerprint density at radius 3 is 2.62 bits per heavy atom. The molecule has 120 valence electrons. The van der Waals surface area contributed by atoms with Gasteiger partial charge in [0.15, 0.2) is 5.69 Å². The first kappa shape index (κ1) is 17.9. The second-order valence-electron chi connectivity index (χ2n) is 4.86. The van der Waals surface area contributed by atoms with E-state index in [9.17, 15) is 13.2 Å². The third-order valence-corrected chi connectivity index (χ3v) is 4.21. The number of aromatic amines is 1. The van der Waals surface area contributed by atoms with E-state index in [1.807, 2.05) is 0 Å². The maximum absolute atomic E-state index is 12.0. The van der Waals surface area contributed by atoms with Crippen LogP contribution in [0.2, 0.25) is 0 Å². The summed E-state index contributed by atoms with van der Waals surface area (Å²) >= 11 is 0. The number of rotatable bonds is 8. The van der Waals surface area contributed by atoms with Gasteiger partial charge in [-0.15, -0.1) is 0 Å². The van der Waals surface area contributed by atoms with Crippen LogP contribution in [-0.4, -0.2) is 44.8 Å². The molecule has 0 atom stereocenters. The zero-order valence-electron chi connectivity index (χ0n) is 12.3. The summed E-state index contributed by atoms with van der Waals surface area (Å²) < 4.78 is 28.2. The van der Waals surface area contributed by atoms with Gasteiger partial charge >= 0.3 is 0 Å². The highest BCUT2D eigenvalue weighted by Crippen LogP contribution is 2.27. The fourth-order valence-corrected chi connectivity index (χ4v) is 3.18. The van der Waals surface area contributed by atoms with Gasteiger partial charge in [-0.05, 0) is 18.8 Å². The summed E-state index contributed by atoms with van der Waals surface area (Å²) in [6, 6.07) is 0. The largest absolute Gasteiger partial charge is 0.385 e. The van der Waals surface area contributed by atoms with Crippen molar-refractivity contribution in [3.8, 4) is 0 Å². The Labute approximate surface area is 128 Å². The van der Waals surface area contributed by atoms with Gasteiger partial charge in [-0.2, -0.15) is 5.10 Å². The number of ether oxygens (including phenoxy) is 1. The van der Waals surface area contributed by atoms with Crippen LogP contribution in [0.4, 0.5) is 0 Å². The van der Waals surface area contributed by atoms with Gasteiger partial charge in [0.1, 0.15) is 4.90 Å². The average molecular weight is 338 g/mol. The maximum atomic E-state index is 12.0. The number of unbranched alkanes of at least 4 members (excludes halogenated alkanes) is 1. The molecule has 0 aromatic carbocycles. The van der Waals surface area contributed by atoms with Gasteiger partial charge in [0, 0.05) is 30.9 Å². The lowest BCUT2D eigenvalue weighted by Crippen LogP contribution is -2.26. The molecule has 21 heavy (non-hydrogen) atoms. The molecule has 0 aliphatic carbocycles. The molecule has 0 spiro atoms. The Bertz CT molecular complexity index is 583. The zero-order chi connectivity index (χ0) is 16.0. The number of aromatic nitrogens is 2. The smallest absolute Gasteiger partial charge is 0.273 e.